The van der Waals surface area contributed by atoms with Crippen LogP contribution in [0.5, 0.6) is 0 Å². The third-order valence-electron chi connectivity index (χ3n) is 5.99. The Balaban J connectivity index is 2.14. The number of ether oxygens (including phenoxy) is 1. The van der Waals surface area contributed by atoms with Gasteiger partial charge in [0.2, 0.25) is 0 Å². The average molecular weight is 468 g/mol. The molecule has 5 nitrogen and oxygen atoms in total. The Kier molecular flexibility index (Phi) is 7.17. The van der Waals surface area contributed by atoms with Gasteiger partial charge in [0.25, 0.3) is 0 Å². The molecule has 3 aromatic rings. The molecule has 33 heavy (non-hydrogen) atoms. The highest BCUT2D eigenvalue weighted by molar-refractivity contribution is 7.91. The average Bonchev–Trinajstić information content (AvgIpc) is 3.26. The molecule has 1 aromatic heterocycles. The van der Waals surface area contributed by atoms with E-state index < -0.39 is 14.6 Å². The van der Waals surface area contributed by atoms with E-state index >= 15 is 0 Å². The number of nitrogens with one attached hydrogen (secondary N) is 1. The van der Waals surface area contributed by atoms with Gasteiger partial charge in [-0.25, -0.2) is 8.42 Å². The third kappa shape index (κ3) is 5.38. The fourth-order valence-corrected chi connectivity index (χ4v) is 5.71. The predicted octanol–water partition coefficient (Wildman–Crippen LogP) is 4.95. The first-order valence-corrected chi connectivity index (χ1v) is 13.0. The van der Waals surface area contributed by atoms with Gasteiger partial charge in [0, 0.05) is 24.6 Å². The number of sulfone groups is 1. The van der Waals surface area contributed by atoms with Gasteiger partial charge in [-0.2, -0.15) is 0 Å². The highest BCUT2D eigenvalue weighted by Gasteiger charge is 2.45. The van der Waals surface area contributed by atoms with Crippen LogP contribution in [0.1, 0.15) is 55.6 Å². The van der Waals surface area contributed by atoms with E-state index in [4.69, 9.17) is 4.74 Å². The molecule has 176 valence electrons. The van der Waals surface area contributed by atoms with Gasteiger partial charge in [0.05, 0.1) is 13.0 Å². The minimum Gasteiger partial charge on any atom is -0.466 e. The smallest absolute Gasteiger partial charge is 0.310 e. The molecule has 1 unspecified atom stereocenters. The minimum atomic E-state index is -3.64. The summed E-state index contributed by atoms with van der Waals surface area (Å²) in [5, 5.41) is 0. The molecule has 0 saturated heterocycles. The number of aromatic amines is 1. The number of hydrogen-bond donors (Lipinski definition) is 1. The van der Waals surface area contributed by atoms with Crippen molar-refractivity contribution in [1.82, 2.24) is 4.98 Å². The van der Waals surface area contributed by atoms with Crippen LogP contribution in [0.2, 0.25) is 0 Å². The van der Waals surface area contributed by atoms with Gasteiger partial charge in [0.15, 0.2) is 9.84 Å². The predicted molar refractivity (Wildman–Crippen MR) is 132 cm³/mol. The molecular formula is C27H33NO4S. The molecule has 0 radical (unpaired) electrons. The quantitative estimate of drug-likeness (QED) is 0.476. The number of benzene rings is 2. The minimum absolute atomic E-state index is 0.00728. The van der Waals surface area contributed by atoms with Crippen molar-refractivity contribution in [1.29, 1.82) is 0 Å². The van der Waals surface area contributed by atoms with E-state index in [1.807, 2.05) is 36.4 Å². The second-order valence-electron chi connectivity index (χ2n) is 9.49. The Morgan fingerprint density at radius 3 is 2.18 bits per heavy atom. The van der Waals surface area contributed by atoms with Crippen molar-refractivity contribution in [2.45, 2.75) is 50.7 Å². The highest BCUT2D eigenvalue weighted by atomic mass is 32.2. The lowest BCUT2D eigenvalue weighted by atomic mass is 9.84. The molecule has 3 rings (SSSR count). The topological polar surface area (TPSA) is 76.2 Å². The SMILES string of the molecule is CCOC(=O)Cc1cccc(C(Cc2ccc(C(C)(C)C)cc2)(c2ccc[nH]2)S(C)(=O)=O)c1. The van der Waals surface area contributed by atoms with E-state index in [0.717, 1.165) is 5.56 Å². The molecule has 1 atom stereocenters. The lowest BCUT2D eigenvalue weighted by molar-refractivity contribution is -0.142. The molecule has 0 bridgehead atoms. The van der Waals surface area contributed by atoms with Crippen LogP contribution in [-0.2, 0) is 42.4 Å². The first-order valence-electron chi connectivity index (χ1n) is 11.2. The summed E-state index contributed by atoms with van der Waals surface area (Å²) in [4.78, 5) is 15.2. The molecule has 0 saturated carbocycles. The van der Waals surface area contributed by atoms with E-state index in [-0.39, 0.29) is 24.2 Å². The molecule has 0 amide bonds. The van der Waals surface area contributed by atoms with E-state index in [1.165, 1.54) is 11.8 Å². The molecule has 6 heteroatoms. The Hall–Kier alpha value is -2.86. The van der Waals surface area contributed by atoms with Crippen molar-refractivity contribution in [2.24, 2.45) is 0 Å². The number of carbonyl (C=O) groups is 1. The van der Waals surface area contributed by atoms with Crippen LogP contribution in [0.15, 0.2) is 66.9 Å². The van der Waals surface area contributed by atoms with Crippen LogP contribution >= 0.6 is 0 Å². The summed E-state index contributed by atoms with van der Waals surface area (Å²) in [5.41, 5.74) is 4.04. The van der Waals surface area contributed by atoms with Gasteiger partial charge in [-0.3, -0.25) is 4.79 Å². The van der Waals surface area contributed by atoms with E-state index in [0.29, 0.717) is 23.4 Å². The summed E-state index contributed by atoms with van der Waals surface area (Å²) in [6.45, 7) is 8.52. The van der Waals surface area contributed by atoms with Gasteiger partial charge < -0.3 is 9.72 Å². The molecule has 1 heterocycles. The Morgan fingerprint density at radius 1 is 0.939 bits per heavy atom. The zero-order chi connectivity index (χ0) is 24.3. The molecule has 0 fully saturated rings. The second kappa shape index (κ2) is 9.56. The van der Waals surface area contributed by atoms with Crippen LogP contribution in [-0.4, -0.2) is 32.2 Å². The highest BCUT2D eigenvalue weighted by Crippen LogP contribution is 2.40. The summed E-state index contributed by atoms with van der Waals surface area (Å²) in [6, 6.07) is 19.0. The lowest BCUT2D eigenvalue weighted by Gasteiger charge is -2.33. The molecular weight excluding hydrogens is 434 g/mol. The van der Waals surface area contributed by atoms with Crippen LogP contribution in [0.25, 0.3) is 0 Å². The molecule has 0 aliphatic carbocycles. The Bertz CT molecular complexity index is 1190. The van der Waals surface area contributed by atoms with Crippen molar-refractivity contribution in [2.75, 3.05) is 12.9 Å². The number of aromatic nitrogens is 1. The van der Waals surface area contributed by atoms with Crippen molar-refractivity contribution in [3.8, 4) is 0 Å². The van der Waals surface area contributed by atoms with Gasteiger partial charge in [0.1, 0.15) is 4.75 Å². The van der Waals surface area contributed by atoms with Crippen molar-refractivity contribution >= 4 is 15.8 Å². The van der Waals surface area contributed by atoms with Crippen molar-refractivity contribution in [3.05, 3.63) is 94.8 Å². The molecule has 0 spiro atoms. The second-order valence-corrected chi connectivity index (χ2v) is 11.7. The first-order chi connectivity index (χ1) is 15.5. The Labute approximate surface area is 197 Å². The number of rotatable bonds is 8. The maximum absolute atomic E-state index is 13.5. The van der Waals surface area contributed by atoms with Gasteiger partial charge in [-0.05, 0) is 46.7 Å². The molecule has 2 aromatic carbocycles. The number of esters is 1. The van der Waals surface area contributed by atoms with E-state index in [1.54, 1.807) is 25.3 Å². The maximum Gasteiger partial charge on any atom is 0.310 e. The first kappa shape index (κ1) is 24.8. The number of hydrogen-bond acceptors (Lipinski definition) is 4. The van der Waals surface area contributed by atoms with Gasteiger partial charge in [-0.15, -0.1) is 0 Å². The van der Waals surface area contributed by atoms with E-state index in [9.17, 15) is 13.2 Å². The monoisotopic (exact) mass is 467 g/mol. The summed E-state index contributed by atoms with van der Waals surface area (Å²) < 4.78 is 30.8. The zero-order valence-electron chi connectivity index (χ0n) is 20.0. The summed E-state index contributed by atoms with van der Waals surface area (Å²) in [7, 11) is -3.64. The van der Waals surface area contributed by atoms with Gasteiger partial charge >= 0.3 is 5.97 Å². The fraction of sp³-hybridized carbons (Fsp3) is 0.370. The number of carbonyl (C=O) groups excluding carboxylic acids is 1. The fourth-order valence-electron chi connectivity index (χ4n) is 4.20. The lowest BCUT2D eigenvalue weighted by Crippen LogP contribution is -2.39. The van der Waals surface area contributed by atoms with E-state index in [2.05, 4.69) is 37.9 Å². The van der Waals surface area contributed by atoms with Crippen molar-refractivity contribution < 1.29 is 17.9 Å². The van der Waals surface area contributed by atoms with Crippen LogP contribution < -0.4 is 0 Å². The third-order valence-corrected chi connectivity index (χ3v) is 7.85. The van der Waals surface area contributed by atoms with Crippen LogP contribution in [0, 0.1) is 0 Å². The van der Waals surface area contributed by atoms with Crippen molar-refractivity contribution in [3.63, 3.8) is 0 Å². The molecule has 0 aliphatic heterocycles. The number of H-pyrrole nitrogens is 1. The maximum atomic E-state index is 13.5. The summed E-state index contributed by atoms with van der Waals surface area (Å²) >= 11 is 0. The Morgan fingerprint density at radius 2 is 1.64 bits per heavy atom. The summed E-state index contributed by atoms with van der Waals surface area (Å²) in [5.74, 6) is -0.336. The molecule has 0 aliphatic rings. The summed E-state index contributed by atoms with van der Waals surface area (Å²) in [6.07, 6.45) is 3.36. The van der Waals surface area contributed by atoms with Crippen LogP contribution in [0.4, 0.5) is 0 Å². The molecule has 1 N–H and O–H groups in total. The standard InChI is InChI=1S/C27H33NO4S/c1-6-32-25(29)18-21-9-7-10-23(17-21)27(33(5,30)31,24-11-8-16-28-24)19-20-12-14-22(15-13-20)26(2,3)4/h7-17,28H,6,18-19H2,1-5H3. The normalized spacial score (nSPS) is 14.0. The van der Waals surface area contributed by atoms with Gasteiger partial charge in [-0.1, -0.05) is 69.3 Å². The van der Waals surface area contributed by atoms with Crippen LogP contribution in [0.3, 0.4) is 0 Å². The zero-order valence-corrected chi connectivity index (χ0v) is 20.8. The largest absolute Gasteiger partial charge is 0.466 e.